The molecule has 0 fully saturated rings. The van der Waals surface area contributed by atoms with Crippen LogP contribution in [0.4, 0.5) is 0 Å². The summed E-state index contributed by atoms with van der Waals surface area (Å²) in [5, 5.41) is 3.06. The first-order valence-electron chi connectivity index (χ1n) is 6.77. The molecular weight excluding hydrogens is 280 g/mol. The van der Waals surface area contributed by atoms with Crippen LogP contribution in [0.2, 0.25) is 0 Å². The Hall–Kier alpha value is -2.17. The molecular formula is C17H16N2OS. The van der Waals surface area contributed by atoms with E-state index in [-0.39, 0.29) is 0 Å². The molecule has 0 amide bonds. The van der Waals surface area contributed by atoms with Gasteiger partial charge in [-0.15, -0.1) is 11.3 Å². The maximum atomic E-state index is 5.77. The predicted octanol–water partition coefficient (Wildman–Crippen LogP) is 3.85. The van der Waals surface area contributed by atoms with Crippen molar-refractivity contribution in [2.45, 2.75) is 13.2 Å². The van der Waals surface area contributed by atoms with Gasteiger partial charge in [0.15, 0.2) is 0 Å². The van der Waals surface area contributed by atoms with Gasteiger partial charge in [0.1, 0.15) is 17.4 Å². The molecule has 0 saturated carbocycles. The first kappa shape index (κ1) is 13.8. The summed E-state index contributed by atoms with van der Waals surface area (Å²) >= 11 is 1.63. The quantitative estimate of drug-likeness (QED) is 0.778. The highest BCUT2D eigenvalue weighted by atomic mass is 32.1. The summed E-state index contributed by atoms with van der Waals surface area (Å²) in [6, 6.07) is 18.0. The average molecular weight is 296 g/mol. The molecule has 0 aliphatic heterocycles. The van der Waals surface area contributed by atoms with Gasteiger partial charge in [0, 0.05) is 17.5 Å². The number of hydrogen-bond donors (Lipinski definition) is 1. The van der Waals surface area contributed by atoms with Crippen LogP contribution in [0.1, 0.15) is 11.3 Å². The molecule has 0 aliphatic rings. The lowest BCUT2D eigenvalue weighted by molar-refractivity contribution is 0.302. The molecule has 2 aromatic carbocycles. The summed E-state index contributed by atoms with van der Waals surface area (Å²) in [5.74, 6) is 0.826. The van der Waals surface area contributed by atoms with Crippen molar-refractivity contribution in [3.63, 3.8) is 0 Å². The van der Waals surface area contributed by atoms with E-state index in [2.05, 4.69) is 17.1 Å². The molecule has 3 nitrogen and oxygen atoms in total. The lowest BCUT2D eigenvalue weighted by atomic mass is 10.2. The SMILES string of the molecule is NCc1cccc(OCc2csc(-c3ccccc3)n2)c1. The summed E-state index contributed by atoms with van der Waals surface area (Å²) in [4.78, 5) is 4.61. The van der Waals surface area contributed by atoms with E-state index < -0.39 is 0 Å². The largest absolute Gasteiger partial charge is 0.487 e. The number of rotatable bonds is 5. The van der Waals surface area contributed by atoms with E-state index in [0.29, 0.717) is 13.2 Å². The number of aromatic nitrogens is 1. The Balaban J connectivity index is 1.67. The molecule has 0 unspecified atom stereocenters. The third-order valence-electron chi connectivity index (χ3n) is 3.09. The van der Waals surface area contributed by atoms with Crippen LogP contribution in [0.3, 0.4) is 0 Å². The van der Waals surface area contributed by atoms with Gasteiger partial charge in [-0.2, -0.15) is 0 Å². The predicted molar refractivity (Wildman–Crippen MR) is 86.2 cm³/mol. The molecule has 3 rings (SSSR count). The van der Waals surface area contributed by atoms with Crippen LogP contribution in [-0.4, -0.2) is 4.98 Å². The average Bonchev–Trinajstić information content (AvgIpc) is 3.03. The van der Waals surface area contributed by atoms with Crippen LogP contribution < -0.4 is 10.5 Å². The second kappa shape index (κ2) is 6.52. The molecule has 106 valence electrons. The normalized spacial score (nSPS) is 10.5. The second-order valence-corrected chi connectivity index (χ2v) is 5.51. The number of hydrogen-bond acceptors (Lipinski definition) is 4. The Labute approximate surface area is 128 Å². The van der Waals surface area contributed by atoms with E-state index in [9.17, 15) is 0 Å². The van der Waals surface area contributed by atoms with Crippen molar-refractivity contribution in [2.24, 2.45) is 5.73 Å². The van der Waals surface area contributed by atoms with E-state index in [0.717, 1.165) is 27.6 Å². The molecule has 2 N–H and O–H groups in total. The third-order valence-corrected chi connectivity index (χ3v) is 4.03. The fourth-order valence-electron chi connectivity index (χ4n) is 2.01. The first-order chi connectivity index (χ1) is 10.3. The van der Waals surface area contributed by atoms with Crippen molar-refractivity contribution in [2.75, 3.05) is 0 Å². The second-order valence-electron chi connectivity index (χ2n) is 4.65. The van der Waals surface area contributed by atoms with Crippen molar-refractivity contribution in [3.8, 4) is 16.3 Å². The highest BCUT2D eigenvalue weighted by Gasteiger charge is 2.05. The van der Waals surface area contributed by atoms with Gasteiger partial charge in [-0.3, -0.25) is 0 Å². The Bertz CT molecular complexity index is 710. The summed E-state index contributed by atoms with van der Waals surface area (Å²) < 4.78 is 5.77. The number of nitrogens with zero attached hydrogens (tertiary/aromatic N) is 1. The number of benzene rings is 2. The van der Waals surface area contributed by atoms with E-state index in [4.69, 9.17) is 10.5 Å². The molecule has 0 atom stereocenters. The van der Waals surface area contributed by atoms with Gasteiger partial charge in [0.2, 0.25) is 0 Å². The van der Waals surface area contributed by atoms with Gasteiger partial charge in [0.25, 0.3) is 0 Å². The zero-order chi connectivity index (χ0) is 14.5. The fourth-order valence-corrected chi connectivity index (χ4v) is 2.82. The molecule has 0 radical (unpaired) electrons. The highest BCUT2D eigenvalue weighted by Crippen LogP contribution is 2.24. The minimum atomic E-state index is 0.470. The number of nitrogens with two attached hydrogens (primary N) is 1. The Kier molecular flexibility index (Phi) is 4.28. The van der Waals surface area contributed by atoms with Crippen LogP contribution in [-0.2, 0) is 13.2 Å². The fraction of sp³-hybridized carbons (Fsp3) is 0.118. The van der Waals surface area contributed by atoms with Crippen molar-refractivity contribution in [1.82, 2.24) is 4.98 Å². The molecule has 21 heavy (non-hydrogen) atoms. The van der Waals surface area contributed by atoms with Crippen molar-refractivity contribution >= 4 is 11.3 Å². The summed E-state index contributed by atoms with van der Waals surface area (Å²) in [5.41, 5.74) is 8.77. The summed E-state index contributed by atoms with van der Waals surface area (Å²) in [6.07, 6.45) is 0. The smallest absolute Gasteiger partial charge is 0.131 e. The minimum Gasteiger partial charge on any atom is -0.487 e. The number of ether oxygens (including phenoxy) is 1. The van der Waals surface area contributed by atoms with Gasteiger partial charge < -0.3 is 10.5 Å². The van der Waals surface area contributed by atoms with Gasteiger partial charge >= 0.3 is 0 Å². The summed E-state index contributed by atoms with van der Waals surface area (Å²) in [7, 11) is 0. The van der Waals surface area contributed by atoms with Crippen molar-refractivity contribution in [1.29, 1.82) is 0 Å². The van der Waals surface area contributed by atoms with E-state index in [1.807, 2.05) is 47.8 Å². The van der Waals surface area contributed by atoms with Gasteiger partial charge in [-0.05, 0) is 17.7 Å². The van der Waals surface area contributed by atoms with Crippen LogP contribution >= 0.6 is 11.3 Å². The van der Waals surface area contributed by atoms with Crippen molar-refractivity contribution < 1.29 is 4.74 Å². The van der Waals surface area contributed by atoms with Gasteiger partial charge in [-0.1, -0.05) is 42.5 Å². The zero-order valence-corrected chi connectivity index (χ0v) is 12.3. The van der Waals surface area contributed by atoms with E-state index >= 15 is 0 Å². The van der Waals surface area contributed by atoms with Crippen molar-refractivity contribution in [3.05, 3.63) is 71.2 Å². The molecule has 4 heteroatoms. The Morgan fingerprint density at radius 2 is 1.90 bits per heavy atom. The minimum absolute atomic E-state index is 0.470. The topological polar surface area (TPSA) is 48.1 Å². The lowest BCUT2D eigenvalue weighted by Gasteiger charge is -2.05. The van der Waals surface area contributed by atoms with E-state index in [1.165, 1.54) is 0 Å². The monoisotopic (exact) mass is 296 g/mol. The molecule has 1 aromatic heterocycles. The van der Waals surface area contributed by atoms with E-state index in [1.54, 1.807) is 11.3 Å². The highest BCUT2D eigenvalue weighted by molar-refractivity contribution is 7.13. The lowest BCUT2D eigenvalue weighted by Crippen LogP contribution is -1.99. The Morgan fingerprint density at radius 1 is 1.05 bits per heavy atom. The first-order valence-corrected chi connectivity index (χ1v) is 7.65. The standard InChI is InChI=1S/C17H16N2OS/c18-10-13-5-4-8-16(9-13)20-11-15-12-21-17(19-15)14-6-2-1-3-7-14/h1-9,12H,10-11,18H2. The van der Waals surface area contributed by atoms with Crippen LogP contribution in [0.15, 0.2) is 60.0 Å². The maximum absolute atomic E-state index is 5.77. The molecule has 3 aromatic rings. The summed E-state index contributed by atoms with van der Waals surface area (Å²) in [6.45, 7) is 0.989. The molecule has 0 aliphatic carbocycles. The van der Waals surface area contributed by atoms with Crippen LogP contribution in [0.5, 0.6) is 5.75 Å². The third kappa shape index (κ3) is 3.48. The molecule has 1 heterocycles. The molecule has 0 spiro atoms. The van der Waals surface area contributed by atoms with Gasteiger partial charge in [-0.25, -0.2) is 4.98 Å². The Morgan fingerprint density at radius 3 is 2.71 bits per heavy atom. The van der Waals surface area contributed by atoms with Crippen LogP contribution in [0.25, 0.3) is 10.6 Å². The maximum Gasteiger partial charge on any atom is 0.131 e. The molecule has 0 bridgehead atoms. The molecule has 0 saturated heterocycles. The van der Waals surface area contributed by atoms with Crippen LogP contribution in [0, 0.1) is 0 Å². The van der Waals surface area contributed by atoms with Gasteiger partial charge in [0.05, 0.1) is 5.69 Å². The number of thiazole rings is 1. The zero-order valence-electron chi connectivity index (χ0n) is 11.5.